The summed E-state index contributed by atoms with van der Waals surface area (Å²) < 4.78 is 13.3. The largest absolute Gasteiger partial charge is 0.392 e. The van der Waals surface area contributed by atoms with Gasteiger partial charge in [0, 0.05) is 37.7 Å². The van der Waals surface area contributed by atoms with Gasteiger partial charge >= 0.3 is 0 Å². The van der Waals surface area contributed by atoms with Crippen LogP contribution in [0.3, 0.4) is 0 Å². The van der Waals surface area contributed by atoms with E-state index >= 15 is 0 Å². The van der Waals surface area contributed by atoms with E-state index in [9.17, 15) is 15.0 Å². The molecule has 1 amide bonds. The smallest absolute Gasteiger partial charge is 0.271 e. The number of carbonyl (C=O) groups is 1. The number of para-hydroxylation sites is 2. The van der Waals surface area contributed by atoms with Crippen molar-refractivity contribution in [2.24, 2.45) is 5.92 Å². The number of β-amino-alcohol motifs (C(OH)–C–C–N with tert-alkyl or cyclic N) is 1. The van der Waals surface area contributed by atoms with Gasteiger partial charge in [-0.15, -0.1) is 0 Å². The number of rotatable bonds is 9. The van der Waals surface area contributed by atoms with E-state index in [0.717, 1.165) is 58.4 Å². The second kappa shape index (κ2) is 14.3. The first-order valence-electron chi connectivity index (χ1n) is 16.5. The molecule has 9 nitrogen and oxygen atoms in total. The molecular weight excluding hydrogens is 604 g/mol. The van der Waals surface area contributed by atoms with E-state index in [4.69, 9.17) is 9.47 Å². The topological polar surface area (TPSA) is 117 Å². The highest BCUT2D eigenvalue weighted by Gasteiger charge is 2.39. The summed E-state index contributed by atoms with van der Waals surface area (Å²) in [5.74, 6) is -0.193. The maximum atomic E-state index is 12.8. The third-order valence-electron chi connectivity index (χ3n) is 9.39. The Morgan fingerprint density at radius 2 is 1.67 bits per heavy atom. The van der Waals surface area contributed by atoms with Crippen LogP contribution in [0.2, 0.25) is 0 Å². The summed E-state index contributed by atoms with van der Waals surface area (Å²) in [7, 11) is 0. The maximum Gasteiger partial charge on any atom is 0.271 e. The molecule has 5 atom stereocenters. The first kappa shape index (κ1) is 32.1. The van der Waals surface area contributed by atoms with Crippen molar-refractivity contribution in [2.45, 2.75) is 51.1 Å². The van der Waals surface area contributed by atoms with Gasteiger partial charge in [-0.05, 0) is 52.4 Å². The lowest BCUT2D eigenvalue weighted by molar-refractivity contribution is -0.276. The lowest BCUT2D eigenvalue weighted by atomic mass is 9.90. The van der Waals surface area contributed by atoms with Crippen LogP contribution in [0, 0.1) is 5.92 Å². The van der Waals surface area contributed by atoms with E-state index in [0.29, 0.717) is 18.6 Å². The first-order valence-corrected chi connectivity index (χ1v) is 16.5. The summed E-state index contributed by atoms with van der Waals surface area (Å²) >= 11 is 0. The van der Waals surface area contributed by atoms with Gasteiger partial charge < -0.3 is 25.0 Å². The fourth-order valence-corrected chi connectivity index (χ4v) is 6.59. The monoisotopic (exact) mass is 644 g/mol. The molecule has 3 N–H and O–H groups in total. The van der Waals surface area contributed by atoms with Gasteiger partial charge in [0.25, 0.3) is 5.91 Å². The average Bonchev–Trinajstić information content (AvgIpc) is 3.55. The molecule has 0 bridgehead atoms. The molecule has 3 heterocycles. The Morgan fingerprint density at radius 1 is 0.896 bits per heavy atom. The summed E-state index contributed by atoms with van der Waals surface area (Å²) in [4.78, 5) is 23.9. The maximum absolute atomic E-state index is 12.8. The van der Waals surface area contributed by atoms with Crippen LogP contribution in [-0.4, -0.2) is 62.8 Å². The second-order valence-corrected chi connectivity index (χ2v) is 12.8. The Morgan fingerprint density at radius 3 is 2.42 bits per heavy atom. The molecule has 2 fully saturated rings. The zero-order chi connectivity index (χ0) is 33.0. The molecule has 4 aromatic carbocycles. The minimum absolute atomic E-state index is 0.00257. The van der Waals surface area contributed by atoms with Crippen molar-refractivity contribution < 1.29 is 24.5 Å². The van der Waals surface area contributed by atoms with Gasteiger partial charge in [0.15, 0.2) is 6.29 Å². The summed E-state index contributed by atoms with van der Waals surface area (Å²) in [6.07, 6.45) is 1.14. The lowest BCUT2D eigenvalue weighted by Crippen LogP contribution is -2.44. The third kappa shape index (κ3) is 7.16. The predicted octanol–water partition coefficient (Wildman–Crippen LogP) is 5.58. The zero-order valence-corrected chi connectivity index (χ0v) is 26.9. The van der Waals surface area contributed by atoms with Crippen LogP contribution in [0.1, 0.15) is 58.5 Å². The van der Waals surface area contributed by atoms with E-state index in [1.54, 1.807) is 0 Å². The molecule has 2 saturated heterocycles. The number of aliphatic hydroxyl groups excluding tert-OH is 2. The zero-order valence-electron chi connectivity index (χ0n) is 26.9. The van der Waals surface area contributed by atoms with Crippen molar-refractivity contribution in [3.63, 3.8) is 0 Å². The first-order chi connectivity index (χ1) is 23.4. The SMILES string of the molecule is C[C@H]1[C@@H](CN2CC[C@H](O)C2)O[C@@H](c2ccc(-c3cccc(CNC(=O)c4cnc5ccccc5n4)c3)cc2)O[C@H]1c1ccc(CO)cc1. The number of aliphatic hydroxyl groups is 2. The van der Waals surface area contributed by atoms with E-state index < -0.39 is 6.29 Å². The third-order valence-corrected chi connectivity index (χ3v) is 9.39. The van der Waals surface area contributed by atoms with Crippen LogP contribution in [0.25, 0.3) is 22.2 Å². The van der Waals surface area contributed by atoms with Gasteiger partial charge in [0.2, 0.25) is 0 Å². The number of nitrogens with one attached hydrogen (secondary N) is 1. The predicted molar refractivity (Wildman–Crippen MR) is 183 cm³/mol. The number of likely N-dealkylation sites (tertiary alicyclic amines) is 1. The lowest BCUT2D eigenvalue weighted by Gasteiger charge is -2.42. The van der Waals surface area contributed by atoms with E-state index in [1.165, 1.54) is 6.20 Å². The van der Waals surface area contributed by atoms with Crippen LogP contribution >= 0.6 is 0 Å². The van der Waals surface area contributed by atoms with Crippen molar-refractivity contribution in [2.75, 3.05) is 19.6 Å². The van der Waals surface area contributed by atoms with Crippen LogP contribution < -0.4 is 5.32 Å². The minimum Gasteiger partial charge on any atom is -0.392 e. The summed E-state index contributed by atoms with van der Waals surface area (Å²) in [5, 5.41) is 22.6. The van der Waals surface area contributed by atoms with Crippen molar-refractivity contribution >= 4 is 16.9 Å². The highest BCUT2D eigenvalue weighted by atomic mass is 16.7. The number of ether oxygens (including phenoxy) is 2. The normalized spacial score (nSPS) is 22.9. The molecule has 0 spiro atoms. The number of hydrogen-bond donors (Lipinski definition) is 3. The Labute approximate surface area is 280 Å². The Bertz CT molecular complexity index is 1870. The summed E-state index contributed by atoms with van der Waals surface area (Å²) in [5.41, 5.74) is 7.59. The van der Waals surface area contributed by atoms with Gasteiger partial charge in [-0.1, -0.05) is 85.8 Å². The van der Waals surface area contributed by atoms with Gasteiger partial charge in [-0.3, -0.25) is 14.7 Å². The second-order valence-electron chi connectivity index (χ2n) is 12.8. The fraction of sp³-hybridized carbons (Fsp3) is 0.308. The van der Waals surface area contributed by atoms with E-state index in [2.05, 4.69) is 51.4 Å². The van der Waals surface area contributed by atoms with Crippen molar-refractivity contribution in [3.05, 3.63) is 131 Å². The number of nitrogens with zero attached hydrogens (tertiary/aromatic N) is 3. The molecule has 0 unspecified atom stereocenters. The number of amides is 1. The number of hydrogen-bond acceptors (Lipinski definition) is 8. The Kier molecular flexibility index (Phi) is 9.56. The average molecular weight is 645 g/mol. The minimum atomic E-state index is -0.560. The number of aromatic nitrogens is 2. The number of benzene rings is 4. The van der Waals surface area contributed by atoms with Gasteiger partial charge in [0.05, 0.1) is 42.1 Å². The van der Waals surface area contributed by atoms with Crippen LogP contribution in [-0.2, 0) is 22.6 Å². The van der Waals surface area contributed by atoms with Crippen LogP contribution in [0.5, 0.6) is 0 Å². The fourth-order valence-electron chi connectivity index (χ4n) is 6.59. The number of carbonyl (C=O) groups excluding carboxylic acids is 1. The van der Waals surface area contributed by atoms with Crippen LogP contribution in [0.15, 0.2) is 103 Å². The molecule has 246 valence electrons. The van der Waals surface area contributed by atoms with Crippen molar-refractivity contribution in [1.29, 1.82) is 0 Å². The van der Waals surface area contributed by atoms with Gasteiger partial charge in [-0.2, -0.15) is 0 Å². The van der Waals surface area contributed by atoms with Crippen molar-refractivity contribution in [1.82, 2.24) is 20.2 Å². The molecule has 5 aromatic rings. The van der Waals surface area contributed by atoms with Gasteiger partial charge in [-0.25, -0.2) is 4.98 Å². The molecule has 2 aliphatic rings. The summed E-state index contributed by atoms with van der Waals surface area (Å²) in [6.45, 7) is 4.74. The van der Waals surface area contributed by atoms with Crippen molar-refractivity contribution in [3.8, 4) is 11.1 Å². The molecule has 1 aromatic heterocycles. The molecule has 48 heavy (non-hydrogen) atoms. The Balaban J connectivity index is 1.05. The molecule has 2 aliphatic heterocycles. The molecule has 9 heteroatoms. The molecular formula is C39H40N4O5. The van der Waals surface area contributed by atoms with Crippen LogP contribution in [0.4, 0.5) is 0 Å². The van der Waals surface area contributed by atoms with Gasteiger partial charge in [0.1, 0.15) is 5.69 Å². The number of fused-ring (bicyclic) bond motifs is 1. The quantitative estimate of drug-likeness (QED) is 0.191. The Hall–Kier alpha value is -4.51. The highest BCUT2D eigenvalue weighted by molar-refractivity contribution is 5.93. The standard InChI is InChI=1S/C39H40N4O5/c1-25-36(23-43-18-17-32(45)22-43)47-39(48-37(25)29-11-9-26(24-44)10-12-29)30-15-13-28(14-16-30)31-6-4-5-27(19-31)20-41-38(46)35-21-40-33-7-2-3-8-34(33)42-35/h2-16,19,21,25,32,36-37,39,44-45H,17-18,20,22-24H2,1H3,(H,41,46)/t25-,32-,36+,37+,39+/m0/s1. The van der Waals surface area contributed by atoms with E-state index in [1.807, 2.05) is 72.8 Å². The molecule has 7 rings (SSSR count). The highest BCUT2D eigenvalue weighted by Crippen LogP contribution is 2.42. The molecule has 0 saturated carbocycles. The summed E-state index contributed by atoms with van der Waals surface area (Å²) in [6, 6.07) is 31.7. The molecule has 0 radical (unpaired) electrons. The molecule has 0 aliphatic carbocycles. The van der Waals surface area contributed by atoms with E-state index in [-0.39, 0.29) is 42.4 Å².